The van der Waals surface area contributed by atoms with E-state index in [1.54, 1.807) is 6.20 Å². The molecule has 0 spiro atoms. The van der Waals surface area contributed by atoms with Crippen LogP contribution >= 0.6 is 0 Å². The summed E-state index contributed by atoms with van der Waals surface area (Å²) in [5, 5.41) is 28.6. The van der Waals surface area contributed by atoms with Gasteiger partial charge in [0.15, 0.2) is 6.23 Å². The lowest BCUT2D eigenvalue weighted by Crippen LogP contribution is -2.48. The number of nitrogens with zero attached hydrogens (tertiary/aromatic N) is 2. The molecule has 2 heterocycles. The van der Waals surface area contributed by atoms with Crippen LogP contribution in [0.4, 0.5) is 0 Å². The van der Waals surface area contributed by atoms with Crippen LogP contribution in [0.25, 0.3) is 0 Å². The first kappa shape index (κ1) is 13.2. The lowest BCUT2D eigenvalue weighted by Gasteiger charge is -2.34. The van der Waals surface area contributed by atoms with Gasteiger partial charge in [-0.3, -0.25) is 0 Å². The summed E-state index contributed by atoms with van der Waals surface area (Å²) < 4.78 is 10.5. The van der Waals surface area contributed by atoms with E-state index in [4.69, 9.17) is 20.3 Å². The van der Waals surface area contributed by atoms with Crippen LogP contribution in [0.1, 0.15) is 0 Å². The number of hydrogen-bond acceptors (Lipinski definition) is 8. The second kappa shape index (κ2) is 5.21. The largest absolute Gasteiger partial charge is 0.394 e. The Labute approximate surface area is 104 Å². The van der Waals surface area contributed by atoms with Gasteiger partial charge in [0.25, 0.3) is 0 Å². The van der Waals surface area contributed by atoms with Gasteiger partial charge < -0.3 is 35.4 Å². The molecule has 1 unspecified atom stereocenters. The maximum absolute atomic E-state index is 9.89. The smallest absolute Gasteiger partial charge is 0.231 e. The molecule has 102 valence electrons. The van der Waals surface area contributed by atoms with Gasteiger partial charge in [-0.2, -0.15) is 0 Å². The van der Waals surface area contributed by atoms with Crippen LogP contribution in [0.5, 0.6) is 0 Å². The Morgan fingerprint density at radius 3 is 2.78 bits per heavy atom. The average molecular weight is 259 g/mol. The molecule has 0 bridgehead atoms. The molecule has 0 aromatic heterocycles. The van der Waals surface area contributed by atoms with Crippen LogP contribution < -0.4 is 5.73 Å². The fourth-order valence-electron chi connectivity index (χ4n) is 1.98. The predicted molar refractivity (Wildman–Crippen MR) is 61.2 cm³/mol. The van der Waals surface area contributed by atoms with E-state index in [1.807, 2.05) is 0 Å². The third kappa shape index (κ3) is 2.20. The number of aliphatic hydroxyl groups is 3. The minimum absolute atomic E-state index is 0.296. The third-order valence-corrected chi connectivity index (χ3v) is 2.95. The highest BCUT2D eigenvalue weighted by molar-refractivity contribution is 5.91. The van der Waals surface area contributed by atoms with E-state index in [0.29, 0.717) is 5.84 Å². The molecule has 2 aliphatic rings. The van der Waals surface area contributed by atoms with E-state index in [9.17, 15) is 10.2 Å². The van der Waals surface area contributed by atoms with Crippen molar-refractivity contribution in [3.05, 3.63) is 12.3 Å². The molecule has 2 rings (SSSR count). The predicted octanol–water partition coefficient (Wildman–Crippen LogP) is -2.46. The summed E-state index contributed by atoms with van der Waals surface area (Å²) in [4.78, 5) is 5.50. The van der Waals surface area contributed by atoms with Gasteiger partial charge in [-0.15, -0.1) is 0 Å². The molecule has 0 amide bonds. The van der Waals surface area contributed by atoms with Crippen LogP contribution in [0.2, 0.25) is 0 Å². The van der Waals surface area contributed by atoms with E-state index in [-0.39, 0.29) is 6.61 Å². The van der Waals surface area contributed by atoms with Gasteiger partial charge in [0.05, 0.1) is 6.61 Å². The zero-order chi connectivity index (χ0) is 13.3. The SMILES string of the molecule is COC1N=C(N)C=CN1[C@@H]1O[C@H](CO)[C@@H](O)[C@@H]1O. The van der Waals surface area contributed by atoms with E-state index in [2.05, 4.69) is 4.99 Å². The van der Waals surface area contributed by atoms with E-state index in [0.717, 1.165) is 0 Å². The van der Waals surface area contributed by atoms with E-state index in [1.165, 1.54) is 18.1 Å². The van der Waals surface area contributed by atoms with Crippen molar-refractivity contribution in [2.24, 2.45) is 10.7 Å². The summed E-state index contributed by atoms with van der Waals surface area (Å²) in [6.07, 6.45) is -1.65. The van der Waals surface area contributed by atoms with Gasteiger partial charge in [0.1, 0.15) is 24.1 Å². The molecule has 0 aromatic rings. The summed E-state index contributed by atoms with van der Waals surface area (Å²) in [6, 6.07) is 0. The van der Waals surface area contributed by atoms with Crippen molar-refractivity contribution in [3.8, 4) is 0 Å². The Kier molecular flexibility index (Phi) is 3.83. The molecule has 0 radical (unpaired) electrons. The molecule has 1 fully saturated rings. The molecular formula is C10H17N3O5. The van der Waals surface area contributed by atoms with Crippen molar-refractivity contribution in [3.63, 3.8) is 0 Å². The highest BCUT2D eigenvalue weighted by atomic mass is 16.6. The van der Waals surface area contributed by atoms with E-state index < -0.39 is 30.9 Å². The van der Waals surface area contributed by atoms with Crippen LogP contribution in [-0.4, -0.2) is 70.7 Å². The maximum Gasteiger partial charge on any atom is 0.231 e. The molecule has 1 saturated heterocycles. The van der Waals surface area contributed by atoms with Crippen LogP contribution in [0.15, 0.2) is 17.3 Å². The number of hydrogen-bond donors (Lipinski definition) is 4. The molecule has 0 aromatic carbocycles. The lowest BCUT2D eigenvalue weighted by molar-refractivity contribution is -0.139. The van der Waals surface area contributed by atoms with Crippen molar-refractivity contribution >= 4 is 5.84 Å². The molecule has 2 aliphatic heterocycles. The molecule has 0 saturated carbocycles. The highest BCUT2D eigenvalue weighted by Gasteiger charge is 2.46. The van der Waals surface area contributed by atoms with Crippen LogP contribution in [0.3, 0.4) is 0 Å². The Morgan fingerprint density at radius 2 is 2.22 bits per heavy atom. The number of aliphatic imine (C=N–C) groups is 1. The monoisotopic (exact) mass is 259 g/mol. The molecule has 5 N–H and O–H groups in total. The Bertz CT molecular complexity index is 361. The normalized spacial score (nSPS) is 40.1. The van der Waals surface area contributed by atoms with Gasteiger partial charge in [0.2, 0.25) is 6.35 Å². The molecule has 5 atom stereocenters. The van der Waals surface area contributed by atoms with Crippen molar-refractivity contribution in [1.82, 2.24) is 4.90 Å². The first-order valence-electron chi connectivity index (χ1n) is 5.52. The first-order chi connectivity index (χ1) is 8.58. The van der Waals surface area contributed by atoms with Crippen molar-refractivity contribution in [2.45, 2.75) is 30.9 Å². The van der Waals surface area contributed by atoms with Crippen LogP contribution in [0, 0.1) is 0 Å². The molecule has 0 aliphatic carbocycles. The Morgan fingerprint density at radius 1 is 1.50 bits per heavy atom. The van der Waals surface area contributed by atoms with Crippen molar-refractivity contribution < 1.29 is 24.8 Å². The number of amidine groups is 1. The fraction of sp³-hybridized carbons (Fsp3) is 0.700. The summed E-state index contributed by atoms with van der Waals surface area (Å²) in [6.45, 7) is -0.380. The molecule has 8 nitrogen and oxygen atoms in total. The Balaban J connectivity index is 2.15. The van der Waals surface area contributed by atoms with Crippen molar-refractivity contribution in [1.29, 1.82) is 0 Å². The van der Waals surface area contributed by atoms with Gasteiger partial charge in [-0.1, -0.05) is 0 Å². The van der Waals surface area contributed by atoms with Gasteiger partial charge in [-0.05, 0) is 6.08 Å². The number of nitrogens with two attached hydrogens (primary N) is 1. The standard InChI is InChI=1S/C10H17N3O5/c1-17-10-12-6(11)2-3-13(10)9-8(16)7(15)5(4-14)18-9/h2-3,5,7-10,14-16H,4H2,1H3,(H2,11,12)/t5-,7-,8+,9-,10?/m1/s1. The Hall–Kier alpha value is -1.19. The number of methoxy groups -OCH3 is 1. The maximum atomic E-state index is 9.89. The van der Waals surface area contributed by atoms with E-state index >= 15 is 0 Å². The van der Waals surface area contributed by atoms with Gasteiger partial charge in [-0.25, -0.2) is 4.99 Å². The first-order valence-corrected chi connectivity index (χ1v) is 5.52. The quantitative estimate of drug-likeness (QED) is 0.443. The molecule has 18 heavy (non-hydrogen) atoms. The summed E-state index contributed by atoms with van der Waals surface area (Å²) in [5.74, 6) is 0.296. The third-order valence-electron chi connectivity index (χ3n) is 2.95. The molecule has 8 heteroatoms. The fourth-order valence-corrected chi connectivity index (χ4v) is 1.98. The summed E-state index contributed by atoms with van der Waals surface area (Å²) in [5.41, 5.74) is 5.54. The number of ether oxygens (including phenoxy) is 2. The second-order valence-corrected chi connectivity index (χ2v) is 4.11. The second-order valence-electron chi connectivity index (χ2n) is 4.11. The zero-order valence-corrected chi connectivity index (χ0v) is 9.88. The summed E-state index contributed by atoms with van der Waals surface area (Å²) in [7, 11) is 1.44. The zero-order valence-electron chi connectivity index (χ0n) is 9.88. The van der Waals surface area contributed by atoms with Crippen LogP contribution in [-0.2, 0) is 9.47 Å². The summed E-state index contributed by atoms with van der Waals surface area (Å²) >= 11 is 0. The van der Waals surface area contributed by atoms with Crippen molar-refractivity contribution in [2.75, 3.05) is 13.7 Å². The minimum Gasteiger partial charge on any atom is -0.394 e. The highest BCUT2D eigenvalue weighted by Crippen LogP contribution is 2.27. The number of aliphatic hydroxyl groups excluding tert-OH is 3. The minimum atomic E-state index is -1.17. The average Bonchev–Trinajstić information content (AvgIpc) is 2.66. The topological polar surface area (TPSA) is 121 Å². The van der Waals surface area contributed by atoms with Gasteiger partial charge in [0, 0.05) is 13.3 Å². The lowest BCUT2D eigenvalue weighted by atomic mass is 10.1. The number of rotatable bonds is 3. The molecular weight excluding hydrogens is 242 g/mol. The van der Waals surface area contributed by atoms with Gasteiger partial charge >= 0.3 is 0 Å².